The lowest BCUT2D eigenvalue weighted by molar-refractivity contribution is -0.141. The van der Waals surface area contributed by atoms with Crippen molar-refractivity contribution in [1.29, 1.82) is 0 Å². The number of halogens is 5. The molecule has 180 valence electrons. The van der Waals surface area contributed by atoms with Crippen LogP contribution in [0.1, 0.15) is 55.2 Å². The summed E-state index contributed by atoms with van der Waals surface area (Å²) >= 11 is 0. The first kappa shape index (κ1) is 26.2. The van der Waals surface area contributed by atoms with Gasteiger partial charge >= 0.3 is 6.18 Å². The average molecular weight is 491 g/mol. The van der Waals surface area contributed by atoms with Crippen molar-refractivity contribution in [2.75, 3.05) is 11.0 Å². The van der Waals surface area contributed by atoms with Crippen LogP contribution < -0.4 is 10.0 Å². The van der Waals surface area contributed by atoms with Gasteiger partial charge in [-0.3, -0.25) is 9.52 Å². The van der Waals surface area contributed by atoms with Gasteiger partial charge in [-0.05, 0) is 48.2 Å². The van der Waals surface area contributed by atoms with Gasteiger partial charge in [-0.1, -0.05) is 19.9 Å². The van der Waals surface area contributed by atoms with Crippen molar-refractivity contribution in [3.05, 3.63) is 64.5 Å². The van der Waals surface area contributed by atoms with Crippen molar-refractivity contribution in [2.45, 2.75) is 38.9 Å². The van der Waals surface area contributed by atoms with Crippen LogP contribution in [0.25, 0.3) is 6.08 Å². The molecule has 0 saturated carbocycles. The number of carbonyl (C=O) groups is 1. The Labute approximate surface area is 188 Å². The quantitative estimate of drug-likeness (QED) is 0.432. The number of anilines is 1. The summed E-state index contributed by atoms with van der Waals surface area (Å²) in [5.41, 5.74) is -1.38. The number of carbonyl (C=O) groups excluding carboxylic acids is 1. The Morgan fingerprint density at radius 3 is 2.15 bits per heavy atom. The zero-order valence-electron chi connectivity index (χ0n) is 18.1. The van der Waals surface area contributed by atoms with E-state index in [2.05, 4.69) is 10.3 Å². The highest BCUT2D eigenvalue weighted by molar-refractivity contribution is 7.92. The number of pyridine rings is 1. The fourth-order valence-corrected chi connectivity index (χ4v) is 3.45. The summed E-state index contributed by atoms with van der Waals surface area (Å²) in [5.74, 6) is -3.34. The molecule has 0 fully saturated rings. The molecule has 0 aliphatic heterocycles. The zero-order valence-corrected chi connectivity index (χ0v) is 18.9. The Morgan fingerprint density at radius 1 is 1.09 bits per heavy atom. The van der Waals surface area contributed by atoms with Gasteiger partial charge in [0.2, 0.25) is 15.9 Å². The summed E-state index contributed by atoms with van der Waals surface area (Å²) in [4.78, 5) is 15.9. The molecular formula is C21H22F5N3O3S. The van der Waals surface area contributed by atoms with E-state index in [4.69, 9.17) is 0 Å². The summed E-state index contributed by atoms with van der Waals surface area (Å²) in [6, 6.07) is 2.90. The summed E-state index contributed by atoms with van der Waals surface area (Å²) in [7, 11) is -3.91. The highest BCUT2D eigenvalue weighted by Crippen LogP contribution is 2.30. The van der Waals surface area contributed by atoms with Crippen LogP contribution in [-0.4, -0.2) is 25.6 Å². The van der Waals surface area contributed by atoms with E-state index in [1.807, 2.05) is 0 Å². The Balaban J connectivity index is 2.19. The summed E-state index contributed by atoms with van der Waals surface area (Å²) in [6.45, 7) is 4.77. The smallest absolute Gasteiger partial charge is 0.346 e. The number of benzene rings is 1. The van der Waals surface area contributed by atoms with Crippen molar-refractivity contribution < 1.29 is 35.2 Å². The van der Waals surface area contributed by atoms with Gasteiger partial charge < -0.3 is 5.32 Å². The molecule has 12 heteroatoms. The Kier molecular flexibility index (Phi) is 7.83. The van der Waals surface area contributed by atoms with E-state index in [0.29, 0.717) is 5.56 Å². The maximum atomic E-state index is 14.2. The van der Waals surface area contributed by atoms with Crippen LogP contribution in [0.5, 0.6) is 0 Å². The third-order valence-electron chi connectivity index (χ3n) is 4.42. The second-order valence-electron chi connectivity index (χ2n) is 7.62. The van der Waals surface area contributed by atoms with Gasteiger partial charge in [-0.2, -0.15) is 13.2 Å². The molecule has 0 saturated heterocycles. The second kappa shape index (κ2) is 9.86. The number of hydrogen-bond acceptors (Lipinski definition) is 4. The molecule has 6 nitrogen and oxygen atoms in total. The van der Waals surface area contributed by atoms with E-state index < -0.39 is 51.2 Å². The standard InChI is InChI=1S/C21H22F5N3O3S/c1-11(2)19-13(5-7-17(28-19)21(24,25)26)6-8-18(30)27-12(3)14-9-15(22)20(16(23)10-14)29-33(4,31)32/h5-12,29H,1-4H3,(H,27,30)/b8-6-/t12-/m1/s1. The number of rotatable bonds is 7. The number of nitrogens with zero attached hydrogens (tertiary/aromatic N) is 1. The van der Waals surface area contributed by atoms with Crippen LogP contribution in [0, 0.1) is 11.6 Å². The number of alkyl halides is 3. The lowest BCUT2D eigenvalue weighted by Crippen LogP contribution is -2.25. The number of nitrogens with one attached hydrogen (secondary N) is 2. The van der Waals surface area contributed by atoms with E-state index in [9.17, 15) is 35.2 Å². The number of aromatic nitrogens is 1. The number of sulfonamides is 1. The summed E-state index contributed by atoms with van der Waals surface area (Å²) in [6.07, 6.45) is -1.49. The molecule has 33 heavy (non-hydrogen) atoms. The van der Waals surface area contributed by atoms with Crippen LogP contribution in [0.3, 0.4) is 0 Å². The molecule has 0 spiro atoms. The highest BCUT2D eigenvalue weighted by Gasteiger charge is 2.33. The molecule has 1 aromatic heterocycles. The maximum absolute atomic E-state index is 14.2. The van der Waals surface area contributed by atoms with Gasteiger partial charge in [-0.25, -0.2) is 22.2 Å². The fourth-order valence-electron chi connectivity index (χ4n) is 2.88. The Morgan fingerprint density at radius 2 is 1.67 bits per heavy atom. The van der Waals surface area contributed by atoms with Crippen LogP contribution in [0.4, 0.5) is 27.6 Å². The third kappa shape index (κ3) is 7.24. The van der Waals surface area contributed by atoms with Gasteiger partial charge in [-0.15, -0.1) is 0 Å². The SMILES string of the molecule is CC(C)c1nc(C(F)(F)F)ccc1/C=C\C(=O)N[C@H](C)c1cc(F)c(NS(C)(=O)=O)c(F)c1. The van der Waals surface area contributed by atoms with E-state index in [1.54, 1.807) is 18.6 Å². The van der Waals surface area contributed by atoms with Gasteiger partial charge in [0.05, 0.1) is 18.0 Å². The summed E-state index contributed by atoms with van der Waals surface area (Å²) < 4.78 is 91.2. The molecule has 0 bridgehead atoms. The molecule has 1 atom stereocenters. The van der Waals surface area contributed by atoms with Crippen molar-refractivity contribution >= 4 is 27.7 Å². The Bertz CT molecular complexity index is 1160. The molecule has 2 N–H and O–H groups in total. The monoisotopic (exact) mass is 491 g/mol. The predicted octanol–water partition coefficient (Wildman–Crippen LogP) is 4.76. The van der Waals surface area contributed by atoms with E-state index in [0.717, 1.165) is 30.5 Å². The van der Waals surface area contributed by atoms with Crippen LogP contribution in [0.15, 0.2) is 30.3 Å². The molecule has 1 amide bonds. The van der Waals surface area contributed by atoms with E-state index >= 15 is 0 Å². The van der Waals surface area contributed by atoms with Gasteiger partial charge in [0.25, 0.3) is 0 Å². The highest BCUT2D eigenvalue weighted by atomic mass is 32.2. The molecule has 1 aromatic carbocycles. The zero-order chi connectivity index (χ0) is 25.1. The van der Waals surface area contributed by atoms with Gasteiger partial charge in [0.15, 0.2) is 11.6 Å². The molecule has 1 heterocycles. The van der Waals surface area contributed by atoms with Crippen molar-refractivity contribution in [3.8, 4) is 0 Å². The molecule has 0 unspecified atom stereocenters. The van der Waals surface area contributed by atoms with Crippen molar-refractivity contribution in [2.24, 2.45) is 0 Å². The number of hydrogen-bond donors (Lipinski definition) is 2. The minimum absolute atomic E-state index is 0.0323. The molecule has 0 aliphatic carbocycles. The predicted molar refractivity (Wildman–Crippen MR) is 114 cm³/mol. The Hall–Kier alpha value is -3.02. The minimum Gasteiger partial charge on any atom is -0.346 e. The maximum Gasteiger partial charge on any atom is 0.433 e. The molecule has 0 radical (unpaired) electrons. The average Bonchev–Trinajstić information content (AvgIpc) is 2.67. The summed E-state index contributed by atoms with van der Waals surface area (Å²) in [5, 5.41) is 2.47. The van der Waals surface area contributed by atoms with Gasteiger partial charge in [0, 0.05) is 6.08 Å². The lowest BCUT2D eigenvalue weighted by Gasteiger charge is -2.16. The van der Waals surface area contributed by atoms with E-state index in [1.165, 1.54) is 19.1 Å². The van der Waals surface area contributed by atoms with Gasteiger partial charge in [0.1, 0.15) is 11.4 Å². The van der Waals surface area contributed by atoms with Crippen LogP contribution >= 0.6 is 0 Å². The molecular weight excluding hydrogens is 469 g/mol. The topological polar surface area (TPSA) is 88.2 Å². The number of amides is 1. The minimum atomic E-state index is -4.60. The third-order valence-corrected chi connectivity index (χ3v) is 4.99. The fraction of sp³-hybridized carbons (Fsp3) is 0.333. The molecule has 2 aromatic rings. The largest absolute Gasteiger partial charge is 0.433 e. The van der Waals surface area contributed by atoms with Crippen molar-refractivity contribution in [3.63, 3.8) is 0 Å². The first-order chi connectivity index (χ1) is 15.1. The first-order valence-corrected chi connectivity index (χ1v) is 11.5. The van der Waals surface area contributed by atoms with Crippen LogP contribution in [0.2, 0.25) is 0 Å². The van der Waals surface area contributed by atoms with Crippen molar-refractivity contribution in [1.82, 2.24) is 10.3 Å². The normalized spacial score (nSPS) is 13.4. The molecule has 0 aliphatic rings. The molecule has 2 rings (SSSR count). The lowest BCUT2D eigenvalue weighted by atomic mass is 10.0. The second-order valence-corrected chi connectivity index (χ2v) is 9.37. The van der Waals surface area contributed by atoms with Crippen LogP contribution in [-0.2, 0) is 21.0 Å². The first-order valence-electron chi connectivity index (χ1n) is 9.62. The van der Waals surface area contributed by atoms with E-state index in [-0.39, 0.29) is 17.2 Å².